The van der Waals surface area contributed by atoms with E-state index in [9.17, 15) is 9.90 Å². The van der Waals surface area contributed by atoms with Gasteiger partial charge in [-0.05, 0) is 31.8 Å². The van der Waals surface area contributed by atoms with Crippen molar-refractivity contribution in [2.24, 2.45) is 5.73 Å². The molecule has 0 aliphatic carbocycles. The Morgan fingerprint density at radius 2 is 2.22 bits per heavy atom. The number of hydrogen-bond donors (Lipinski definition) is 3. The fraction of sp³-hybridized carbons (Fsp3) is 0.417. The van der Waals surface area contributed by atoms with Gasteiger partial charge in [0, 0.05) is 6.54 Å². The maximum atomic E-state index is 11.1. The second kappa shape index (κ2) is 4.93. The highest BCUT2D eigenvalue weighted by Crippen LogP contribution is 2.24. The van der Waals surface area contributed by atoms with Gasteiger partial charge >= 0.3 is 5.76 Å². The molecule has 98 valence electrons. The first kappa shape index (κ1) is 12.8. The van der Waals surface area contributed by atoms with Crippen LogP contribution in [-0.4, -0.2) is 41.7 Å². The van der Waals surface area contributed by atoms with Gasteiger partial charge < -0.3 is 20.2 Å². The standard InChI is InChI=1S/C12H17N3O3/c1-15(2)11(9(16)6-13)7-3-4-10-8(5-7)14-12(17)18-10/h3-5,9,11,16H,6,13H2,1-2H3,(H,14,17). The molecule has 0 aliphatic heterocycles. The zero-order valence-corrected chi connectivity index (χ0v) is 10.4. The molecule has 6 nitrogen and oxygen atoms in total. The maximum Gasteiger partial charge on any atom is 0.417 e. The number of nitrogens with one attached hydrogen (secondary N) is 1. The molecule has 0 saturated heterocycles. The van der Waals surface area contributed by atoms with Crippen molar-refractivity contribution in [3.8, 4) is 0 Å². The summed E-state index contributed by atoms with van der Waals surface area (Å²) < 4.78 is 4.94. The van der Waals surface area contributed by atoms with Crippen molar-refractivity contribution in [3.63, 3.8) is 0 Å². The number of hydrogen-bond acceptors (Lipinski definition) is 5. The zero-order valence-electron chi connectivity index (χ0n) is 10.4. The van der Waals surface area contributed by atoms with Crippen LogP contribution in [0.15, 0.2) is 27.4 Å². The number of oxazole rings is 1. The number of nitrogens with two attached hydrogens (primary N) is 1. The van der Waals surface area contributed by atoms with Crippen molar-refractivity contribution in [1.29, 1.82) is 0 Å². The summed E-state index contributed by atoms with van der Waals surface area (Å²) in [6.45, 7) is 0.169. The second-order valence-corrected chi connectivity index (χ2v) is 4.48. The van der Waals surface area contributed by atoms with Crippen molar-refractivity contribution in [1.82, 2.24) is 9.88 Å². The zero-order chi connectivity index (χ0) is 13.3. The van der Waals surface area contributed by atoms with E-state index in [-0.39, 0.29) is 12.6 Å². The minimum Gasteiger partial charge on any atom is -0.408 e. The van der Waals surface area contributed by atoms with Gasteiger partial charge in [-0.15, -0.1) is 0 Å². The van der Waals surface area contributed by atoms with Gasteiger partial charge in [-0.3, -0.25) is 4.98 Å². The summed E-state index contributed by atoms with van der Waals surface area (Å²) in [6, 6.07) is 5.10. The number of rotatable bonds is 4. The van der Waals surface area contributed by atoms with E-state index in [0.717, 1.165) is 5.56 Å². The lowest BCUT2D eigenvalue weighted by molar-refractivity contribution is 0.0824. The highest BCUT2D eigenvalue weighted by atomic mass is 16.4. The molecule has 2 rings (SSSR count). The van der Waals surface area contributed by atoms with Crippen LogP contribution < -0.4 is 11.5 Å². The third kappa shape index (κ3) is 2.31. The Balaban J connectivity index is 2.47. The number of H-pyrrole nitrogens is 1. The van der Waals surface area contributed by atoms with Gasteiger partial charge in [0.1, 0.15) is 0 Å². The lowest BCUT2D eigenvalue weighted by Crippen LogP contribution is -2.36. The van der Waals surface area contributed by atoms with Crippen LogP contribution in [0, 0.1) is 0 Å². The van der Waals surface area contributed by atoms with Crippen LogP contribution in [0.3, 0.4) is 0 Å². The molecule has 0 spiro atoms. The molecule has 2 atom stereocenters. The first-order valence-electron chi connectivity index (χ1n) is 5.70. The summed E-state index contributed by atoms with van der Waals surface area (Å²) >= 11 is 0. The van der Waals surface area contributed by atoms with Crippen molar-refractivity contribution < 1.29 is 9.52 Å². The van der Waals surface area contributed by atoms with E-state index >= 15 is 0 Å². The van der Waals surface area contributed by atoms with E-state index in [1.165, 1.54) is 0 Å². The summed E-state index contributed by atoms with van der Waals surface area (Å²) in [6.07, 6.45) is -0.670. The SMILES string of the molecule is CN(C)C(c1ccc2oc(=O)[nH]c2c1)C(O)CN. The Bertz CT molecular complexity index is 588. The van der Waals surface area contributed by atoms with Crippen molar-refractivity contribution in [2.45, 2.75) is 12.1 Å². The summed E-state index contributed by atoms with van der Waals surface area (Å²) in [5, 5.41) is 9.96. The molecule has 0 aliphatic rings. The molecule has 1 aromatic carbocycles. The molecule has 6 heteroatoms. The molecule has 2 aromatic rings. The Morgan fingerprint density at radius 3 is 2.83 bits per heavy atom. The predicted molar refractivity (Wildman–Crippen MR) is 68.3 cm³/mol. The summed E-state index contributed by atoms with van der Waals surface area (Å²) in [7, 11) is 3.73. The fourth-order valence-electron chi connectivity index (χ4n) is 2.15. The second-order valence-electron chi connectivity index (χ2n) is 4.48. The van der Waals surface area contributed by atoms with Crippen LogP contribution in [0.25, 0.3) is 11.1 Å². The Morgan fingerprint density at radius 1 is 1.50 bits per heavy atom. The minimum absolute atomic E-state index is 0.169. The van der Waals surface area contributed by atoms with Crippen molar-refractivity contribution >= 4 is 11.1 Å². The van der Waals surface area contributed by atoms with Gasteiger partial charge in [0.05, 0.1) is 17.7 Å². The number of aliphatic hydroxyl groups is 1. The smallest absolute Gasteiger partial charge is 0.408 e. The summed E-state index contributed by atoms with van der Waals surface area (Å²) in [5.74, 6) is -0.483. The normalized spacial score (nSPS) is 15.2. The average Bonchev–Trinajstić information content (AvgIpc) is 2.68. The number of fused-ring (bicyclic) bond motifs is 1. The first-order chi connectivity index (χ1) is 8.52. The quantitative estimate of drug-likeness (QED) is 0.713. The van der Waals surface area contributed by atoms with E-state index in [2.05, 4.69) is 4.98 Å². The van der Waals surface area contributed by atoms with E-state index in [4.69, 9.17) is 10.2 Å². The molecule has 4 N–H and O–H groups in total. The highest BCUT2D eigenvalue weighted by molar-refractivity contribution is 5.72. The van der Waals surface area contributed by atoms with Crippen LogP contribution in [0.5, 0.6) is 0 Å². The molecule has 0 fully saturated rings. The Kier molecular flexibility index (Phi) is 3.51. The van der Waals surface area contributed by atoms with Crippen LogP contribution in [0.2, 0.25) is 0 Å². The summed E-state index contributed by atoms with van der Waals surface area (Å²) in [5.41, 5.74) is 7.51. The minimum atomic E-state index is -0.670. The van der Waals surface area contributed by atoms with Gasteiger partial charge in [0.2, 0.25) is 0 Å². The largest absolute Gasteiger partial charge is 0.417 e. The average molecular weight is 251 g/mol. The molecule has 0 saturated carbocycles. The monoisotopic (exact) mass is 251 g/mol. The van der Waals surface area contributed by atoms with E-state index in [1.54, 1.807) is 12.1 Å². The lowest BCUT2D eigenvalue weighted by atomic mass is 10.00. The molecule has 1 heterocycles. The van der Waals surface area contributed by atoms with E-state index in [1.807, 2.05) is 25.1 Å². The number of likely N-dealkylation sites (N-methyl/N-ethyl adjacent to an activating group) is 1. The summed E-state index contributed by atoms with van der Waals surface area (Å²) in [4.78, 5) is 15.6. The maximum absolute atomic E-state index is 11.1. The van der Waals surface area contributed by atoms with Gasteiger partial charge in [-0.25, -0.2) is 4.79 Å². The number of aromatic amines is 1. The molecule has 0 amide bonds. The fourth-order valence-corrected chi connectivity index (χ4v) is 2.15. The van der Waals surface area contributed by atoms with Gasteiger partial charge in [0.15, 0.2) is 5.58 Å². The van der Waals surface area contributed by atoms with Crippen molar-refractivity contribution in [3.05, 3.63) is 34.3 Å². The molecule has 2 unspecified atom stereocenters. The van der Waals surface area contributed by atoms with Crippen LogP contribution in [0.4, 0.5) is 0 Å². The first-order valence-corrected chi connectivity index (χ1v) is 5.70. The highest BCUT2D eigenvalue weighted by Gasteiger charge is 2.22. The number of benzene rings is 1. The van der Waals surface area contributed by atoms with Crippen LogP contribution in [0.1, 0.15) is 11.6 Å². The van der Waals surface area contributed by atoms with E-state index < -0.39 is 11.9 Å². The lowest BCUT2D eigenvalue weighted by Gasteiger charge is -2.28. The van der Waals surface area contributed by atoms with Crippen LogP contribution >= 0.6 is 0 Å². The Labute approximate surface area is 104 Å². The van der Waals surface area contributed by atoms with Gasteiger partial charge in [-0.1, -0.05) is 6.07 Å². The van der Waals surface area contributed by atoms with E-state index in [0.29, 0.717) is 11.1 Å². The molecule has 0 radical (unpaired) electrons. The molecular formula is C12H17N3O3. The number of aromatic nitrogens is 1. The van der Waals surface area contributed by atoms with Gasteiger partial charge in [-0.2, -0.15) is 0 Å². The predicted octanol–water partition coefficient (Wildman–Crippen LogP) is 0.0434. The molecule has 0 bridgehead atoms. The molecule has 18 heavy (non-hydrogen) atoms. The van der Waals surface area contributed by atoms with Crippen molar-refractivity contribution in [2.75, 3.05) is 20.6 Å². The molecular weight excluding hydrogens is 234 g/mol. The third-order valence-corrected chi connectivity index (χ3v) is 2.95. The molecule has 1 aromatic heterocycles. The number of aliphatic hydroxyl groups excluding tert-OH is 1. The van der Waals surface area contributed by atoms with Gasteiger partial charge in [0.25, 0.3) is 0 Å². The number of nitrogens with zero attached hydrogens (tertiary/aromatic N) is 1. The Hall–Kier alpha value is -1.63. The van der Waals surface area contributed by atoms with Crippen LogP contribution in [-0.2, 0) is 0 Å². The third-order valence-electron chi connectivity index (χ3n) is 2.95. The topological polar surface area (TPSA) is 95.5 Å².